The van der Waals surface area contributed by atoms with E-state index in [1.54, 1.807) is 12.3 Å². The Morgan fingerprint density at radius 2 is 1.29 bits per heavy atom. The van der Waals surface area contributed by atoms with Crippen LogP contribution < -0.4 is 5.43 Å². The zero-order valence-corrected chi connectivity index (χ0v) is 19.1. The van der Waals surface area contributed by atoms with E-state index in [1.807, 2.05) is 65.7 Å². The van der Waals surface area contributed by atoms with Crippen LogP contribution in [0.2, 0.25) is 0 Å². The number of hydrogen-bond acceptors (Lipinski definition) is 6. The Morgan fingerprint density at radius 3 is 1.71 bits per heavy atom. The van der Waals surface area contributed by atoms with E-state index in [4.69, 9.17) is 0 Å². The molecule has 0 amide bonds. The Bertz CT molecular complexity index is 1240. The van der Waals surface area contributed by atoms with Gasteiger partial charge in [-0.2, -0.15) is 5.26 Å². The van der Waals surface area contributed by atoms with Gasteiger partial charge < -0.3 is 10.0 Å². The van der Waals surface area contributed by atoms with Crippen molar-refractivity contribution in [2.24, 2.45) is 0 Å². The van der Waals surface area contributed by atoms with E-state index < -0.39 is 18.7 Å². The number of nitriles is 1. The van der Waals surface area contributed by atoms with Gasteiger partial charge in [-0.05, 0) is 28.8 Å². The van der Waals surface area contributed by atoms with E-state index in [0.717, 1.165) is 21.6 Å². The molecule has 1 aliphatic heterocycles. The van der Waals surface area contributed by atoms with Gasteiger partial charge in [-0.3, -0.25) is 5.01 Å². The highest BCUT2D eigenvalue weighted by Gasteiger charge is 2.46. The minimum Gasteiger partial charge on any atom is -0.423 e. The predicted molar refractivity (Wildman–Crippen MR) is 134 cm³/mol. The van der Waals surface area contributed by atoms with Crippen molar-refractivity contribution in [1.29, 1.82) is 5.26 Å². The Labute approximate surface area is 203 Å². The van der Waals surface area contributed by atoms with Crippen molar-refractivity contribution >= 4 is 18.5 Å². The maximum atomic E-state index is 10.3. The molecule has 34 heavy (non-hydrogen) atoms. The fourth-order valence-corrected chi connectivity index (χ4v) is 5.51. The summed E-state index contributed by atoms with van der Waals surface area (Å²) in [5.41, 5.74) is 6.21. The number of thiophene rings is 1. The summed E-state index contributed by atoms with van der Waals surface area (Å²) in [6.45, 7) is 0. The van der Waals surface area contributed by atoms with Crippen molar-refractivity contribution in [3.05, 3.63) is 141 Å². The molecule has 3 aromatic carbocycles. The molecule has 0 saturated carbocycles. The molecule has 0 saturated heterocycles. The Kier molecular flexibility index (Phi) is 6.05. The molecule has 0 spiro atoms. The van der Waals surface area contributed by atoms with Crippen LogP contribution in [0.1, 0.15) is 32.5 Å². The number of nitrogens with one attached hydrogen (secondary N) is 1. The van der Waals surface area contributed by atoms with Crippen LogP contribution in [0.5, 0.6) is 0 Å². The van der Waals surface area contributed by atoms with Gasteiger partial charge in [-0.1, -0.05) is 91.0 Å². The minimum atomic E-state index is -1.66. The number of nitrogens with zero attached hydrogens (tertiary/aromatic N) is 2. The summed E-state index contributed by atoms with van der Waals surface area (Å²) in [4.78, 5) is 1.41. The van der Waals surface area contributed by atoms with Crippen molar-refractivity contribution in [2.75, 3.05) is 0 Å². The van der Waals surface area contributed by atoms with Gasteiger partial charge in [0.1, 0.15) is 16.5 Å². The molecule has 5 nitrogen and oxygen atoms in total. The third kappa shape index (κ3) is 3.73. The molecule has 0 bridgehead atoms. The van der Waals surface area contributed by atoms with Crippen LogP contribution in [0, 0.1) is 11.3 Å². The third-order valence-corrected chi connectivity index (χ3v) is 7.19. The van der Waals surface area contributed by atoms with Gasteiger partial charge in [-0.15, -0.1) is 11.3 Å². The fraction of sp³-hybridized carbons (Fsp3) is 0.0741. The van der Waals surface area contributed by atoms with Crippen molar-refractivity contribution in [1.82, 2.24) is 10.4 Å². The highest BCUT2D eigenvalue weighted by Crippen LogP contribution is 2.46. The molecule has 5 rings (SSSR count). The third-order valence-electron chi connectivity index (χ3n) is 6.14. The number of hydrogen-bond donors (Lipinski definition) is 3. The molecule has 3 N–H and O–H groups in total. The molecule has 1 aliphatic rings. The number of hydrazine groups is 1. The molecular formula is C27H22BN3O2S. The normalized spacial score (nSPS) is 15.6. The molecule has 0 aliphatic carbocycles. The van der Waals surface area contributed by atoms with Crippen LogP contribution in [-0.4, -0.2) is 22.2 Å². The standard InChI is InChI=1S/C27H22BN3O2S/c29-18-23-16-17-25(34-23)26-24(28(32)33)19-31(30-26)27(20-10-4-1-5-11-20,21-12-6-2-7-13-21)22-14-8-3-9-15-22/h1-17,19,26,30,32-33H. The van der Waals surface area contributed by atoms with E-state index in [2.05, 4.69) is 47.9 Å². The first kappa shape index (κ1) is 22.1. The molecule has 1 aromatic heterocycles. The Morgan fingerprint density at radius 1 is 0.794 bits per heavy atom. The van der Waals surface area contributed by atoms with Crippen molar-refractivity contribution in [3.8, 4) is 6.07 Å². The van der Waals surface area contributed by atoms with E-state index in [-0.39, 0.29) is 0 Å². The molecule has 0 radical (unpaired) electrons. The van der Waals surface area contributed by atoms with Gasteiger partial charge in [0.2, 0.25) is 0 Å². The summed E-state index contributed by atoms with van der Waals surface area (Å²) in [7, 11) is -1.66. The first-order valence-electron chi connectivity index (χ1n) is 10.9. The molecule has 7 heteroatoms. The Hall–Kier alpha value is -3.67. The highest BCUT2D eigenvalue weighted by molar-refractivity contribution is 7.12. The summed E-state index contributed by atoms with van der Waals surface area (Å²) < 4.78 is 0. The molecule has 2 heterocycles. The van der Waals surface area contributed by atoms with Gasteiger partial charge in [0.15, 0.2) is 0 Å². The first-order valence-corrected chi connectivity index (χ1v) is 11.8. The zero-order valence-electron chi connectivity index (χ0n) is 18.2. The largest absolute Gasteiger partial charge is 0.487 e. The van der Waals surface area contributed by atoms with Gasteiger partial charge >= 0.3 is 7.12 Å². The van der Waals surface area contributed by atoms with E-state index in [9.17, 15) is 15.3 Å². The van der Waals surface area contributed by atoms with Crippen LogP contribution in [0.25, 0.3) is 0 Å². The SMILES string of the molecule is N#Cc1ccc(C2NN(C(c3ccccc3)(c3ccccc3)c3ccccc3)C=C2B(O)O)s1. The zero-order chi connectivity index (χ0) is 23.5. The average Bonchev–Trinajstić information content (AvgIpc) is 3.54. The van der Waals surface area contributed by atoms with Crippen LogP contribution in [-0.2, 0) is 5.54 Å². The van der Waals surface area contributed by atoms with Gasteiger partial charge in [0, 0.05) is 16.5 Å². The molecule has 1 unspecified atom stereocenters. The van der Waals surface area contributed by atoms with Crippen molar-refractivity contribution in [2.45, 2.75) is 11.6 Å². The lowest BCUT2D eigenvalue weighted by molar-refractivity contribution is 0.161. The van der Waals surface area contributed by atoms with Crippen LogP contribution in [0.3, 0.4) is 0 Å². The topological polar surface area (TPSA) is 79.5 Å². The average molecular weight is 463 g/mol. The molecule has 0 fully saturated rings. The lowest BCUT2D eigenvalue weighted by Gasteiger charge is -2.44. The highest BCUT2D eigenvalue weighted by atomic mass is 32.1. The second-order valence-corrected chi connectivity index (χ2v) is 9.17. The van der Waals surface area contributed by atoms with E-state index in [1.165, 1.54) is 11.3 Å². The Balaban J connectivity index is 1.75. The van der Waals surface area contributed by atoms with Crippen molar-refractivity contribution in [3.63, 3.8) is 0 Å². The summed E-state index contributed by atoms with van der Waals surface area (Å²) >= 11 is 1.34. The maximum absolute atomic E-state index is 10.3. The van der Waals surface area contributed by atoms with Gasteiger partial charge in [-0.25, -0.2) is 5.43 Å². The monoisotopic (exact) mass is 463 g/mol. The lowest BCUT2D eigenvalue weighted by Crippen LogP contribution is -2.50. The summed E-state index contributed by atoms with van der Waals surface area (Å²) in [6.07, 6.45) is 1.79. The maximum Gasteiger partial charge on any atom is 0.487 e. The molecule has 1 atom stereocenters. The number of benzene rings is 3. The molecular weight excluding hydrogens is 441 g/mol. The molecule has 166 valence electrons. The van der Waals surface area contributed by atoms with E-state index >= 15 is 0 Å². The summed E-state index contributed by atoms with van der Waals surface area (Å²) in [5, 5.41) is 31.9. The lowest BCUT2D eigenvalue weighted by atomic mass is 9.75. The molecule has 4 aromatic rings. The van der Waals surface area contributed by atoms with Crippen LogP contribution >= 0.6 is 11.3 Å². The summed E-state index contributed by atoms with van der Waals surface area (Å²) in [5.74, 6) is 0. The minimum absolute atomic E-state index is 0.415. The van der Waals surface area contributed by atoms with Crippen LogP contribution in [0.4, 0.5) is 0 Å². The van der Waals surface area contributed by atoms with Gasteiger partial charge in [0.05, 0.1) is 6.04 Å². The second-order valence-electron chi connectivity index (χ2n) is 8.06. The quantitative estimate of drug-likeness (QED) is 0.292. The van der Waals surface area contributed by atoms with E-state index in [0.29, 0.717) is 10.3 Å². The summed E-state index contributed by atoms with van der Waals surface area (Å²) in [6, 6.07) is 35.8. The van der Waals surface area contributed by atoms with Crippen molar-refractivity contribution < 1.29 is 10.0 Å². The smallest absolute Gasteiger partial charge is 0.423 e. The first-order chi connectivity index (χ1) is 16.6. The van der Waals surface area contributed by atoms with Gasteiger partial charge in [0.25, 0.3) is 0 Å². The van der Waals surface area contributed by atoms with Crippen LogP contribution in [0.15, 0.2) is 115 Å². The second kappa shape index (κ2) is 9.30. The predicted octanol–water partition coefficient (Wildman–Crippen LogP) is 4.37. The fourth-order valence-electron chi connectivity index (χ4n) is 4.64. The number of rotatable bonds is 6.